The van der Waals surface area contributed by atoms with Crippen molar-refractivity contribution in [2.24, 2.45) is 0 Å². The minimum atomic E-state index is -0.156. The van der Waals surface area contributed by atoms with Crippen LogP contribution in [0, 0.1) is 6.92 Å². The van der Waals surface area contributed by atoms with Crippen LogP contribution in [-0.2, 0) is 0 Å². The van der Waals surface area contributed by atoms with Crippen molar-refractivity contribution in [3.8, 4) is 0 Å². The van der Waals surface area contributed by atoms with E-state index in [0.29, 0.717) is 0 Å². The summed E-state index contributed by atoms with van der Waals surface area (Å²) < 4.78 is 0. The summed E-state index contributed by atoms with van der Waals surface area (Å²) in [7, 11) is 1.90. The maximum Gasteiger partial charge on any atom is 0.0610 e. The number of hydrogen-bond acceptors (Lipinski definition) is 3. The van der Waals surface area contributed by atoms with E-state index in [1.54, 1.807) is 0 Å². The van der Waals surface area contributed by atoms with Crippen molar-refractivity contribution >= 4 is 11.8 Å². The Morgan fingerprint density at radius 2 is 2.19 bits per heavy atom. The van der Waals surface area contributed by atoms with Gasteiger partial charge in [-0.1, -0.05) is 17.7 Å². The van der Waals surface area contributed by atoms with Crippen molar-refractivity contribution < 1.29 is 5.11 Å². The quantitative estimate of drug-likeness (QED) is 0.748. The molecule has 0 spiro atoms. The smallest absolute Gasteiger partial charge is 0.0610 e. The third-order valence-electron chi connectivity index (χ3n) is 2.86. The fourth-order valence-corrected chi connectivity index (χ4v) is 2.61. The van der Waals surface area contributed by atoms with Gasteiger partial charge < -0.3 is 10.4 Å². The summed E-state index contributed by atoms with van der Waals surface area (Å²) in [5, 5.41) is 12.4. The summed E-state index contributed by atoms with van der Waals surface area (Å²) in [4.78, 5) is 1.30. The fourth-order valence-electron chi connectivity index (χ4n) is 1.38. The SMILES string of the molecule is CNC(C)(CO)CCSc1cccc(C)c1. The van der Waals surface area contributed by atoms with Gasteiger partial charge in [0.15, 0.2) is 0 Å². The first kappa shape index (κ1) is 13.6. The number of nitrogens with one attached hydrogen (secondary N) is 1. The number of rotatable bonds is 6. The van der Waals surface area contributed by atoms with Gasteiger partial charge >= 0.3 is 0 Å². The Bertz CT molecular complexity index is 323. The Morgan fingerprint density at radius 1 is 1.44 bits per heavy atom. The Balaban J connectivity index is 2.41. The molecule has 0 radical (unpaired) electrons. The topological polar surface area (TPSA) is 32.3 Å². The second-order valence-corrected chi connectivity index (χ2v) is 5.55. The lowest BCUT2D eigenvalue weighted by Crippen LogP contribution is -2.43. The largest absolute Gasteiger partial charge is 0.394 e. The Kier molecular flexibility index (Phi) is 5.32. The molecule has 0 aliphatic heterocycles. The van der Waals surface area contributed by atoms with Crippen LogP contribution in [0.4, 0.5) is 0 Å². The van der Waals surface area contributed by atoms with Crippen molar-refractivity contribution in [3.63, 3.8) is 0 Å². The lowest BCUT2D eigenvalue weighted by molar-refractivity contribution is 0.179. The van der Waals surface area contributed by atoms with Gasteiger partial charge in [0.2, 0.25) is 0 Å². The van der Waals surface area contributed by atoms with E-state index in [2.05, 4.69) is 36.5 Å². The van der Waals surface area contributed by atoms with Crippen LogP contribution in [0.2, 0.25) is 0 Å². The maximum atomic E-state index is 9.25. The molecule has 0 heterocycles. The van der Waals surface area contributed by atoms with Gasteiger partial charge in [0.1, 0.15) is 0 Å². The van der Waals surface area contributed by atoms with E-state index >= 15 is 0 Å². The number of hydrogen-bond donors (Lipinski definition) is 2. The van der Waals surface area contributed by atoms with Crippen molar-refractivity contribution in [2.45, 2.75) is 30.7 Å². The van der Waals surface area contributed by atoms with Crippen LogP contribution in [0.3, 0.4) is 0 Å². The average Bonchev–Trinajstić information content (AvgIpc) is 2.29. The molecule has 0 bridgehead atoms. The molecule has 0 fully saturated rings. The van der Waals surface area contributed by atoms with E-state index < -0.39 is 0 Å². The normalized spacial score (nSPS) is 14.8. The van der Waals surface area contributed by atoms with E-state index in [0.717, 1.165) is 12.2 Å². The van der Waals surface area contributed by atoms with Crippen molar-refractivity contribution in [3.05, 3.63) is 29.8 Å². The molecule has 2 N–H and O–H groups in total. The lowest BCUT2D eigenvalue weighted by atomic mass is 10.0. The molecule has 0 saturated carbocycles. The van der Waals surface area contributed by atoms with Crippen LogP contribution < -0.4 is 5.32 Å². The Morgan fingerprint density at radius 3 is 2.75 bits per heavy atom. The second-order valence-electron chi connectivity index (χ2n) is 4.38. The van der Waals surface area contributed by atoms with Gasteiger partial charge in [-0.05, 0) is 45.2 Å². The third-order valence-corrected chi connectivity index (χ3v) is 3.86. The molecule has 1 aromatic carbocycles. The monoisotopic (exact) mass is 239 g/mol. The molecule has 1 aromatic rings. The van der Waals surface area contributed by atoms with Crippen LogP contribution in [0.1, 0.15) is 18.9 Å². The second kappa shape index (κ2) is 6.28. The van der Waals surface area contributed by atoms with Crippen LogP contribution >= 0.6 is 11.8 Å². The summed E-state index contributed by atoms with van der Waals surface area (Å²) in [6.45, 7) is 4.33. The number of aliphatic hydroxyl groups excluding tert-OH is 1. The minimum absolute atomic E-state index is 0.156. The molecule has 0 amide bonds. The molecule has 0 aliphatic rings. The molecular formula is C13H21NOS. The third kappa shape index (κ3) is 4.16. The molecule has 0 saturated heterocycles. The molecule has 1 atom stereocenters. The van der Waals surface area contributed by atoms with Gasteiger partial charge in [-0.3, -0.25) is 0 Å². The van der Waals surface area contributed by atoms with E-state index in [1.807, 2.05) is 25.7 Å². The van der Waals surface area contributed by atoms with Crippen LogP contribution in [0.25, 0.3) is 0 Å². The molecular weight excluding hydrogens is 218 g/mol. The highest BCUT2D eigenvalue weighted by Crippen LogP contribution is 2.22. The molecule has 1 unspecified atom stereocenters. The zero-order chi connectivity index (χ0) is 12.0. The summed E-state index contributed by atoms with van der Waals surface area (Å²) in [6, 6.07) is 8.52. The molecule has 2 nitrogen and oxygen atoms in total. The number of likely N-dealkylation sites (N-methyl/N-ethyl adjacent to an activating group) is 1. The van der Waals surface area contributed by atoms with Crippen molar-refractivity contribution in [1.29, 1.82) is 0 Å². The Hall–Kier alpha value is -0.510. The molecule has 16 heavy (non-hydrogen) atoms. The zero-order valence-electron chi connectivity index (χ0n) is 10.3. The Labute approximate surface area is 102 Å². The highest BCUT2D eigenvalue weighted by atomic mass is 32.2. The molecule has 3 heteroatoms. The molecule has 0 aliphatic carbocycles. The van der Waals surface area contributed by atoms with Gasteiger partial charge in [-0.15, -0.1) is 11.8 Å². The predicted molar refractivity (Wildman–Crippen MR) is 71.1 cm³/mol. The van der Waals surface area contributed by atoms with E-state index in [9.17, 15) is 5.11 Å². The van der Waals surface area contributed by atoms with Gasteiger partial charge in [-0.2, -0.15) is 0 Å². The van der Waals surface area contributed by atoms with Gasteiger partial charge in [0, 0.05) is 10.4 Å². The number of benzene rings is 1. The van der Waals surface area contributed by atoms with Gasteiger partial charge in [0.05, 0.1) is 6.61 Å². The number of aryl methyl sites for hydroxylation is 1. The first-order valence-corrected chi connectivity index (χ1v) is 6.57. The standard InChI is InChI=1S/C13H21NOS/c1-11-5-4-6-12(9-11)16-8-7-13(2,10-15)14-3/h4-6,9,14-15H,7-8,10H2,1-3H3. The van der Waals surface area contributed by atoms with Crippen LogP contribution in [-0.4, -0.2) is 30.1 Å². The summed E-state index contributed by atoms with van der Waals surface area (Å²) in [6.07, 6.45) is 0.957. The number of aliphatic hydroxyl groups is 1. The van der Waals surface area contributed by atoms with E-state index in [-0.39, 0.29) is 12.1 Å². The van der Waals surface area contributed by atoms with Crippen molar-refractivity contribution in [1.82, 2.24) is 5.32 Å². The van der Waals surface area contributed by atoms with Gasteiger partial charge in [-0.25, -0.2) is 0 Å². The lowest BCUT2D eigenvalue weighted by Gasteiger charge is -2.26. The zero-order valence-corrected chi connectivity index (χ0v) is 11.1. The molecule has 90 valence electrons. The average molecular weight is 239 g/mol. The molecule has 1 rings (SSSR count). The first-order valence-electron chi connectivity index (χ1n) is 5.59. The predicted octanol–water partition coefficient (Wildman–Crippen LogP) is 2.45. The van der Waals surface area contributed by atoms with Gasteiger partial charge in [0.25, 0.3) is 0 Å². The minimum Gasteiger partial charge on any atom is -0.394 e. The fraction of sp³-hybridized carbons (Fsp3) is 0.538. The first-order chi connectivity index (χ1) is 7.59. The van der Waals surface area contributed by atoms with Crippen LogP contribution in [0.15, 0.2) is 29.2 Å². The van der Waals surface area contributed by atoms with E-state index in [1.165, 1.54) is 10.5 Å². The summed E-state index contributed by atoms with van der Waals surface area (Å²) in [5.74, 6) is 1.02. The maximum absolute atomic E-state index is 9.25. The van der Waals surface area contributed by atoms with Crippen LogP contribution in [0.5, 0.6) is 0 Å². The highest BCUT2D eigenvalue weighted by Gasteiger charge is 2.19. The summed E-state index contributed by atoms with van der Waals surface area (Å²) in [5.41, 5.74) is 1.14. The summed E-state index contributed by atoms with van der Waals surface area (Å²) >= 11 is 1.84. The molecule has 0 aromatic heterocycles. The van der Waals surface area contributed by atoms with E-state index in [4.69, 9.17) is 0 Å². The van der Waals surface area contributed by atoms with Crippen molar-refractivity contribution in [2.75, 3.05) is 19.4 Å². The number of thioether (sulfide) groups is 1. The highest BCUT2D eigenvalue weighted by molar-refractivity contribution is 7.99.